The summed E-state index contributed by atoms with van der Waals surface area (Å²) in [6, 6.07) is 0.812. The Morgan fingerprint density at radius 2 is 2.10 bits per heavy atom. The molecule has 2 atom stereocenters. The molecule has 1 saturated heterocycles. The van der Waals surface area contributed by atoms with E-state index in [9.17, 15) is 9.59 Å². The minimum absolute atomic E-state index is 0.136. The summed E-state index contributed by atoms with van der Waals surface area (Å²) in [6.45, 7) is 6.29. The Hall–Kier alpha value is -1.30. The van der Waals surface area contributed by atoms with E-state index in [1.54, 1.807) is 11.8 Å². The third kappa shape index (κ3) is 3.85. The number of nitrogens with one attached hydrogen (secondary N) is 1. The van der Waals surface area contributed by atoms with Gasteiger partial charge in [-0.1, -0.05) is 6.92 Å². The topological polar surface area (TPSA) is 72.9 Å². The summed E-state index contributed by atoms with van der Waals surface area (Å²) in [4.78, 5) is 27.1. The van der Waals surface area contributed by atoms with Crippen LogP contribution in [0.3, 0.4) is 0 Å². The fourth-order valence-electron chi connectivity index (χ4n) is 2.71. The number of carboxylic acid groups (broad SMARTS) is 1. The van der Waals surface area contributed by atoms with Gasteiger partial charge < -0.3 is 15.3 Å². The second-order valence-electron chi connectivity index (χ2n) is 5.94. The van der Waals surface area contributed by atoms with Crippen molar-refractivity contribution < 1.29 is 14.7 Å². The van der Waals surface area contributed by atoms with E-state index in [0.717, 1.165) is 25.6 Å². The predicted molar refractivity (Wildman–Crippen MR) is 75.6 cm³/mol. The summed E-state index contributed by atoms with van der Waals surface area (Å²) in [5, 5.41) is 12.0. The number of nitrogens with zero attached hydrogens (tertiary/aromatic N) is 2. The number of urea groups is 1. The number of amides is 2. The van der Waals surface area contributed by atoms with Crippen LogP contribution < -0.4 is 5.32 Å². The van der Waals surface area contributed by atoms with Gasteiger partial charge in [0.05, 0.1) is 5.92 Å². The van der Waals surface area contributed by atoms with Crippen LogP contribution in [0.1, 0.15) is 33.1 Å². The summed E-state index contributed by atoms with van der Waals surface area (Å²) in [6.07, 6.45) is 3.57. The van der Waals surface area contributed by atoms with Crippen LogP contribution in [0, 0.1) is 5.92 Å². The van der Waals surface area contributed by atoms with Gasteiger partial charge in [-0.25, -0.2) is 4.79 Å². The third-order valence-corrected chi connectivity index (χ3v) is 4.20. The molecular weight excluding hydrogens is 258 g/mol. The molecule has 1 saturated carbocycles. The number of carbonyl (C=O) groups is 2. The lowest BCUT2D eigenvalue weighted by molar-refractivity contribution is -0.141. The highest BCUT2D eigenvalue weighted by Crippen LogP contribution is 2.29. The van der Waals surface area contributed by atoms with Gasteiger partial charge in [0.15, 0.2) is 0 Å². The number of hydrogen-bond donors (Lipinski definition) is 2. The van der Waals surface area contributed by atoms with Crippen LogP contribution >= 0.6 is 0 Å². The van der Waals surface area contributed by atoms with Gasteiger partial charge in [-0.05, 0) is 26.2 Å². The monoisotopic (exact) mass is 283 g/mol. The van der Waals surface area contributed by atoms with E-state index in [4.69, 9.17) is 5.11 Å². The number of hydrogen-bond acceptors (Lipinski definition) is 3. The highest BCUT2D eigenvalue weighted by atomic mass is 16.4. The second kappa shape index (κ2) is 6.43. The summed E-state index contributed by atoms with van der Waals surface area (Å²) >= 11 is 0. The lowest BCUT2D eigenvalue weighted by atomic mass is 10.2. The zero-order valence-electron chi connectivity index (χ0n) is 12.3. The molecule has 2 aliphatic rings. The standard InChI is InChI=1S/C14H25N3O3/c1-3-16(8-10(2)13(18)19)14(20)15-11-6-7-17(9-11)12-4-5-12/h10-12H,3-9H2,1-2H3,(H,15,20)(H,18,19). The van der Waals surface area contributed by atoms with Gasteiger partial charge in [-0.3, -0.25) is 9.69 Å². The van der Waals surface area contributed by atoms with Gasteiger partial charge in [0.2, 0.25) is 0 Å². The zero-order chi connectivity index (χ0) is 14.7. The summed E-state index contributed by atoms with van der Waals surface area (Å²) < 4.78 is 0. The number of aliphatic carboxylic acids is 1. The zero-order valence-corrected chi connectivity index (χ0v) is 12.3. The van der Waals surface area contributed by atoms with E-state index in [0.29, 0.717) is 6.54 Å². The molecule has 114 valence electrons. The molecule has 0 aromatic rings. The maximum absolute atomic E-state index is 12.2. The van der Waals surface area contributed by atoms with Gasteiger partial charge in [0.1, 0.15) is 0 Å². The molecule has 6 nitrogen and oxygen atoms in total. The SMILES string of the molecule is CCN(CC(C)C(=O)O)C(=O)NC1CCN(C2CC2)C1. The first-order valence-electron chi connectivity index (χ1n) is 7.53. The molecule has 0 radical (unpaired) electrons. The minimum Gasteiger partial charge on any atom is -0.481 e. The normalized spacial score (nSPS) is 24.4. The Labute approximate surface area is 120 Å². The minimum atomic E-state index is -0.864. The third-order valence-electron chi connectivity index (χ3n) is 4.20. The Bertz CT molecular complexity index is 371. The summed E-state index contributed by atoms with van der Waals surface area (Å²) in [7, 11) is 0. The van der Waals surface area contributed by atoms with Crippen molar-refractivity contribution in [2.45, 2.75) is 45.2 Å². The first-order chi connectivity index (χ1) is 9.51. The van der Waals surface area contributed by atoms with Crippen molar-refractivity contribution in [1.82, 2.24) is 15.1 Å². The van der Waals surface area contributed by atoms with E-state index >= 15 is 0 Å². The predicted octanol–water partition coefficient (Wildman–Crippen LogP) is 0.975. The molecule has 1 aliphatic carbocycles. The average molecular weight is 283 g/mol. The molecule has 2 fully saturated rings. The first-order valence-corrected chi connectivity index (χ1v) is 7.53. The van der Waals surface area contributed by atoms with Crippen LogP contribution in [0.5, 0.6) is 0 Å². The highest BCUT2D eigenvalue weighted by Gasteiger charge is 2.35. The van der Waals surface area contributed by atoms with Gasteiger partial charge in [0.25, 0.3) is 0 Å². The highest BCUT2D eigenvalue weighted by molar-refractivity contribution is 5.76. The first kappa shape index (κ1) is 15.1. The van der Waals surface area contributed by atoms with Crippen LogP contribution in [-0.2, 0) is 4.79 Å². The van der Waals surface area contributed by atoms with Crippen LogP contribution in [0.15, 0.2) is 0 Å². The molecule has 2 rings (SSSR count). The van der Waals surface area contributed by atoms with Crippen molar-refractivity contribution in [1.29, 1.82) is 0 Å². The molecular formula is C14H25N3O3. The molecule has 2 unspecified atom stereocenters. The fourth-order valence-corrected chi connectivity index (χ4v) is 2.71. The molecule has 0 aromatic heterocycles. The van der Waals surface area contributed by atoms with Crippen molar-refractivity contribution in [3.8, 4) is 0 Å². The van der Waals surface area contributed by atoms with E-state index < -0.39 is 11.9 Å². The molecule has 1 heterocycles. The van der Waals surface area contributed by atoms with Crippen LogP contribution in [0.4, 0.5) is 4.79 Å². The smallest absolute Gasteiger partial charge is 0.317 e. The van der Waals surface area contributed by atoms with Crippen molar-refractivity contribution in [2.75, 3.05) is 26.2 Å². The van der Waals surface area contributed by atoms with E-state index in [1.165, 1.54) is 12.8 Å². The summed E-state index contributed by atoms with van der Waals surface area (Å²) in [5.74, 6) is -1.40. The van der Waals surface area contributed by atoms with Crippen molar-refractivity contribution in [2.24, 2.45) is 5.92 Å². The lowest BCUT2D eigenvalue weighted by Crippen LogP contribution is -2.47. The number of rotatable bonds is 6. The van der Waals surface area contributed by atoms with Gasteiger partial charge in [0, 0.05) is 38.3 Å². The second-order valence-corrected chi connectivity index (χ2v) is 5.94. The van der Waals surface area contributed by atoms with Crippen molar-refractivity contribution in [3.63, 3.8) is 0 Å². The molecule has 0 aromatic carbocycles. The Balaban J connectivity index is 1.78. The van der Waals surface area contributed by atoms with Crippen LogP contribution in [-0.4, -0.2) is 65.2 Å². The molecule has 1 aliphatic heterocycles. The average Bonchev–Trinajstić information content (AvgIpc) is 3.16. The molecule has 6 heteroatoms. The number of carboxylic acids is 1. The summed E-state index contributed by atoms with van der Waals surface area (Å²) in [5.41, 5.74) is 0. The van der Waals surface area contributed by atoms with Crippen LogP contribution in [0.2, 0.25) is 0 Å². The number of likely N-dealkylation sites (tertiary alicyclic amines) is 1. The maximum atomic E-state index is 12.2. The largest absolute Gasteiger partial charge is 0.481 e. The van der Waals surface area contributed by atoms with Crippen LogP contribution in [0.25, 0.3) is 0 Å². The Kier molecular flexibility index (Phi) is 4.86. The Morgan fingerprint density at radius 1 is 1.40 bits per heavy atom. The number of carbonyl (C=O) groups excluding carboxylic acids is 1. The van der Waals surface area contributed by atoms with Crippen molar-refractivity contribution >= 4 is 12.0 Å². The Morgan fingerprint density at radius 3 is 2.65 bits per heavy atom. The van der Waals surface area contributed by atoms with E-state index in [-0.39, 0.29) is 18.6 Å². The van der Waals surface area contributed by atoms with Crippen molar-refractivity contribution in [3.05, 3.63) is 0 Å². The molecule has 0 bridgehead atoms. The molecule has 0 spiro atoms. The maximum Gasteiger partial charge on any atom is 0.317 e. The fraction of sp³-hybridized carbons (Fsp3) is 0.857. The van der Waals surface area contributed by atoms with Gasteiger partial charge in [-0.15, -0.1) is 0 Å². The van der Waals surface area contributed by atoms with E-state index in [1.807, 2.05) is 6.92 Å². The molecule has 2 N–H and O–H groups in total. The van der Waals surface area contributed by atoms with Gasteiger partial charge in [-0.2, -0.15) is 0 Å². The molecule has 20 heavy (non-hydrogen) atoms. The van der Waals surface area contributed by atoms with Gasteiger partial charge >= 0.3 is 12.0 Å². The quantitative estimate of drug-likeness (QED) is 0.762. The molecule has 2 amide bonds. The lowest BCUT2D eigenvalue weighted by Gasteiger charge is -2.25. The van der Waals surface area contributed by atoms with E-state index in [2.05, 4.69) is 10.2 Å².